The van der Waals surface area contributed by atoms with Crippen molar-refractivity contribution in [1.29, 1.82) is 0 Å². The molecule has 5 rings (SSSR count). The first-order chi connectivity index (χ1) is 12.8. The minimum atomic E-state index is 0.816. The summed E-state index contributed by atoms with van der Waals surface area (Å²) in [6.07, 6.45) is 0. The Labute approximate surface area is 151 Å². The zero-order valence-electron chi connectivity index (χ0n) is 14.0. The first-order valence-corrected chi connectivity index (χ1v) is 8.53. The molecule has 0 amide bonds. The van der Waals surface area contributed by atoms with Gasteiger partial charge in [0.05, 0.1) is 11.4 Å². The lowest BCUT2D eigenvalue weighted by Crippen LogP contribution is -1.98. The van der Waals surface area contributed by atoms with E-state index in [0.717, 1.165) is 45.5 Å². The fourth-order valence-corrected chi connectivity index (χ4v) is 3.14. The van der Waals surface area contributed by atoms with Gasteiger partial charge in [-0.1, -0.05) is 36.4 Å². The van der Waals surface area contributed by atoms with E-state index >= 15 is 0 Å². The van der Waals surface area contributed by atoms with E-state index in [2.05, 4.69) is 34.9 Å². The molecule has 2 N–H and O–H groups in total. The summed E-state index contributed by atoms with van der Waals surface area (Å²) in [4.78, 5) is 9.52. The van der Waals surface area contributed by atoms with E-state index in [1.807, 2.05) is 60.7 Å². The van der Waals surface area contributed by atoms with Crippen molar-refractivity contribution in [3.05, 3.63) is 84.9 Å². The lowest BCUT2D eigenvalue weighted by molar-refractivity contribution is 1.29. The van der Waals surface area contributed by atoms with Crippen LogP contribution < -0.4 is 10.6 Å². The van der Waals surface area contributed by atoms with Gasteiger partial charge in [-0.25, -0.2) is 9.97 Å². The van der Waals surface area contributed by atoms with Crippen LogP contribution in [0.1, 0.15) is 0 Å². The highest BCUT2D eigenvalue weighted by Crippen LogP contribution is 2.28. The Kier molecular flexibility index (Phi) is 3.39. The number of hydrogen-bond acceptors (Lipinski definition) is 4. The van der Waals surface area contributed by atoms with Crippen LogP contribution in [0.5, 0.6) is 0 Å². The number of rotatable bonds is 0. The second kappa shape index (κ2) is 6.01. The molecule has 0 saturated carbocycles. The number of fused-ring (bicyclic) bond motifs is 10. The van der Waals surface area contributed by atoms with E-state index in [0.29, 0.717) is 0 Å². The van der Waals surface area contributed by atoms with Crippen molar-refractivity contribution in [3.8, 4) is 22.5 Å². The topological polar surface area (TPSA) is 49.8 Å². The van der Waals surface area contributed by atoms with Crippen LogP contribution in [0.15, 0.2) is 84.9 Å². The first kappa shape index (κ1) is 14.7. The molecule has 8 bridgehead atoms. The van der Waals surface area contributed by atoms with Gasteiger partial charge in [0.25, 0.3) is 0 Å². The predicted molar refractivity (Wildman–Crippen MR) is 106 cm³/mol. The van der Waals surface area contributed by atoms with Gasteiger partial charge < -0.3 is 10.6 Å². The van der Waals surface area contributed by atoms with Crippen LogP contribution in [0.4, 0.5) is 23.0 Å². The second-order valence-corrected chi connectivity index (χ2v) is 6.23. The van der Waals surface area contributed by atoms with Crippen molar-refractivity contribution in [1.82, 2.24) is 9.97 Å². The Bertz CT molecular complexity index is 928. The summed E-state index contributed by atoms with van der Waals surface area (Å²) >= 11 is 0. The quantitative estimate of drug-likeness (QED) is 0.386. The van der Waals surface area contributed by atoms with Gasteiger partial charge in [-0.05, 0) is 48.5 Å². The van der Waals surface area contributed by atoms with Crippen molar-refractivity contribution < 1.29 is 0 Å². The summed E-state index contributed by atoms with van der Waals surface area (Å²) in [6.45, 7) is 0. The van der Waals surface area contributed by atoms with Crippen LogP contribution in [0, 0.1) is 0 Å². The number of benzene rings is 2. The Morgan fingerprint density at radius 3 is 1.46 bits per heavy atom. The summed E-state index contributed by atoms with van der Waals surface area (Å²) in [5, 5.41) is 6.80. The number of nitrogens with zero attached hydrogens (tertiary/aromatic N) is 2. The largest absolute Gasteiger partial charge is 0.340 e. The molecule has 4 nitrogen and oxygen atoms in total. The smallest absolute Gasteiger partial charge is 0.131 e. The second-order valence-electron chi connectivity index (χ2n) is 6.23. The van der Waals surface area contributed by atoms with E-state index in [4.69, 9.17) is 9.97 Å². The first-order valence-electron chi connectivity index (χ1n) is 8.53. The maximum absolute atomic E-state index is 4.76. The molecule has 0 radical (unpaired) electrons. The molecule has 1 aliphatic heterocycles. The molecule has 2 aromatic heterocycles. The van der Waals surface area contributed by atoms with Gasteiger partial charge in [0.1, 0.15) is 11.6 Å². The lowest BCUT2D eigenvalue weighted by atomic mass is 10.1. The number of hydrogen-bond donors (Lipinski definition) is 2. The molecule has 0 unspecified atom stereocenters. The van der Waals surface area contributed by atoms with Gasteiger partial charge in [0.2, 0.25) is 0 Å². The van der Waals surface area contributed by atoms with Crippen molar-refractivity contribution >= 4 is 23.0 Å². The van der Waals surface area contributed by atoms with Crippen LogP contribution in [-0.4, -0.2) is 9.97 Å². The van der Waals surface area contributed by atoms with Crippen LogP contribution in [0.2, 0.25) is 0 Å². The molecular weight excluding hydrogens is 320 g/mol. The Morgan fingerprint density at radius 1 is 0.500 bits per heavy atom. The summed E-state index contributed by atoms with van der Waals surface area (Å²) < 4.78 is 0. The van der Waals surface area contributed by atoms with Crippen LogP contribution in [0.3, 0.4) is 0 Å². The standard InChI is InChI=1S/C22H16N4/c1-5-15-13-17(7-1)23-21-11-4-10-20(26-21)16-6-2-8-18(14-16)24-22-12-3-9-19(15)25-22/h1-14H,(H,23,26)(H,24,25). The van der Waals surface area contributed by atoms with E-state index in [1.165, 1.54) is 0 Å². The number of nitrogens with one attached hydrogen (secondary N) is 2. The number of aromatic nitrogens is 2. The van der Waals surface area contributed by atoms with Gasteiger partial charge in [-0.15, -0.1) is 0 Å². The Morgan fingerprint density at radius 2 is 0.962 bits per heavy atom. The molecule has 3 heterocycles. The molecule has 0 saturated heterocycles. The molecule has 0 aliphatic carbocycles. The molecule has 4 heteroatoms. The van der Waals surface area contributed by atoms with Crippen LogP contribution in [-0.2, 0) is 0 Å². The third-order valence-corrected chi connectivity index (χ3v) is 4.36. The molecule has 0 fully saturated rings. The minimum absolute atomic E-state index is 0.816. The van der Waals surface area contributed by atoms with Gasteiger partial charge in [-0.2, -0.15) is 0 Å². The molecule has 2 aromatic carbocycles. The molecule has 0 spiro atoms. The molecule has 4 aromatic rings. The average molecular weight is 336 g/mol. The van der Waals surface area contributed by atoms with Gasteiger partial charge in [-0.3, -0.25) is 0 Å². The molecule has 0 atom stereocenters. The summed E-state index contributed by atoms with van der Waals surface area (Å²) in [5.74, 6) is 1.63. The fraction of sp³-hybridized carbons (Fsp3) is 0. The summed E-state index contributed by atoms with van der Waals surface area (Å²) in [6, 6.07) is 28.4. The predicted octanol–water partition coefficient (Wildman–Crippen LogP) is 5.61. The normalized spacial score (nSPS) is 11.7. The van der Waals surface area contributed by atoms with Crippen LogP contribution in [0.25, 0.3) is 22.5 Å². The summed E-state index contributed by atoms with van der Waals surface area (Å²) in [5.41, 5.74) is 5.93. The van der Waals surface area contributed by atoms with Crippen molar-refractivity contribution in [2.24, 2.45) is 0 Å². The molecular formula is C22H16N4. The van der Waals surface area contributed by atoms with E-state index in [1.54, 1.807) is 0 Å². The van der Waals surface area contributed by atoms with Crippen molar-refractivity contribution in [2.45, 2.75) is 0 Å². The van der Waals surface area contributed by atoms with E-state index in [9.17, 15) is 0 Å². The third-order valence-electron chi connectivity index (χ3n) is 4.36. The molecule has 1 aliphatic rings. The number of pyridine rings is 2. The minimum Gasteiger partial charge on any atom is -0.340 e. The maximum Gasteiger partial charge on any atom is 0.131 e. The monoisotopic (exact) mass is 336 g/mol. The Balaban J connectivity index is 1.73. The van der Waals surface area contributed by atoms with Crippen molar-refractivity contribution in [3.63, 3.8) is 0 Å². The summed E-state index contributed by atoms with van der Waals surface area (Å²) in [7, 11) is 0. The number of anilines is 4. The zero-order chi connectivity index (χ0) is 17.3. The van der Waals surface area contributed by atoms with Gasteiger partial charge in [0.15, 0.2) is 0 Å². The zero-order valence-corrected chi connectivity index (χ0v) is 14.0. The average Bonchev–Trinajstić information content (AvgIpc) is 2.68. The highest BCUT2D eigenvalue weighted by atomic mass is 15.0. The third kappa shape index (κ3) is 2.78. The SMILES string of the molecule is c1cc2cc(c1)-c1cccc(n1)Nc1cccc(c1)-c1cccc(n1)N2. The van der Waals surface area contributed by atoms with Crippen LogP contribution >= 0.6 is 0 Å². The van der Waals surface area contributed by atoms with Gasteiger partial charge >= 0.3 is 0 Å². The maximum atomic E-state index is 4.76. The van der Waals surface area contributed by atoms with E-state index in [-0.39, 0.29) is 0 Å². The Hall–Kier alpha value is -3.66. The lowest BCUT2D eigenvalue weighted by Gasteiger charge is -2.13. The van der Waals surface area contributed by atoms with E-state index < -0.39 is 0 Å². The fourth-order valence-electron chi connectivity index (χ4n) is 3.14. The highest BCUT2D eigenvalue weighted by Gasteiger charge is 2.07. The van der Waals surface area contributed by atoms with Crippen molar-refractivity contribution in [2.75, 3.05) is 10.6 Å². The molecule has 124 valence electrons. The molecule has 26 heavy (non-hydrogen) atoms. The highest BCUT2D eigenvalue weighted by molar-refractivity contribution is 5.73. The van der Waals surface area contributed by atoms with Gasteiger partial charge in [0, 0.05) is 22.5 Å².